The third-order valence-corrected chi connectivity index (χ3v) is 5.17. The summed E-state index contributed by atoms with van der Waals surface area (Å²) in [5, 5.41) is 10.9. The Hall–Kier alpha value is -4.47. The van der Waals surface area contributed by atoms with Gasteiger partial charge in [0, 0.05) is 23.2 Å². The van der Waals surface area contributed by atoms with Gasteiger partial charge in [-0.15, -0.1) is 0 Å². The minimum absolute atomic E-state index is 0.0488. The zero-order valence-electron chi connectivity index (χ0n) is 18.6. The Kier molecular flexibility index (Phi) is 6.13. The second-order valence-corrected chi connectivity index (χ2v) is 8.02. The average Bonchev–Trinajstić information content (AvgIpc) is 3.38. The summed E-state index contributed by atoms with van der Waals surface area (Å²) in [6.07, 6.45) is 0.0710. The highest BCUT2D eigenvalue weighted by Gasteiger charge is 2.22. The largest absolute Gasteiger partial charge is 0.383 e. The van der Waals surface area contributed by atoms with Gasteiger partial charge in [0.1, 0.15) is 28.6 Å². The first-order valence-electron chi connectivity index (χ1n) is 10.5. The lowest BCUT2D eigenvalue weighted by atomic mass is 10.0. The summed E-state index contributed by atoms with van der Waals surface area (Å²) in [6, 6.07) is 14.4. The Morgan fingerprint density at radius 2 is 1.85 bits per heavy atom. The number of nitrogens with one attached hydrogen (secondary N) is 1. The molecular formula is C24H23FN6O3. The van der Waals surface area contributed by atoms with Gasteiger partial charge in [-0.2, -0.15) is 5.10 Å². The van der Waals surface area contributed by atoms with Crippen molar-refractivity contribution in [3.05, 3.63) is 71.5 Å². The Labute approximate surface area is 194 Å². The average molecular weight is 462 g/mol. The molecule has 2 amide bonds. The van der Waals surface area contributed by atoms with Crippen molar-refractivity contribution in [2.45, 2.75) is 26.3 Å². The van der Waals surface area contributed by atoms with Crippen molar-refractivity contribution in [2.75, 3.05) is 11.1 Å². The number of anilines is 2. The maximum Gasteiger partial charge on any atom is 0.254 e. The predicted molar refractivity (Wildman–Crippen MR) is 125 cm³/mol. The van der Waals surface area contributed by atoms with Gasteiger partial charge in [0.05, 0.1) is 6.42 Å². The van der Waals surface area contributed by atoms with E-state index in [1.54, 1.807) is 41.1 Å². The molecule has 0 aliphatic carbocycles. The molecule has 2 aromatic heterocycles. The Balaban J connectivity index is 1.46. The van der Waals surface area contributed by atoms with Crippen LogP contribution in [0, 0.1) is 5.82 Å². The van der Waals surface area contributed by atoms with Gasteiger partial charge >= 0.3 is 0 Å². The first kappa shape index (κ1) is 22.7. The Morgan fingerprint density at radius 3 is 2.50 bits per heavy atom. The number of nitrogens with zero attached hydrogens (tertiary/aromatic N) is 3. The molecule has 2 aromatic carbocycles. The summed E-state index contributed by atoms with van der Waals surface area (Å²) >= 11 is 0. The molecule has 0 radical (unpaired) electrons. The van der Waals surface area contributed by atoms with Crippen LogP contribution in [0.1, 0.15) is 35.8 Å². The molecule has 0 aliphatic heterocycles. The molecule has 5 N–H and O–H groups in total. The van der Waals surface area contributed by atoms with Gasteiger partial charge in [-0.05, 0) is 31.5 Å². The van der Waals surface area contributed by atoms with Gasteiger partial charge in [-0.25, -0.2) is 9.07 Å². The number of primary amides is 1. The molecule has 0 bridgehead atoms. The van der Waals surface area contributed by atoms with E-state index in [1.807, 2.05) is 13.8 Å². The van der Waals surface area contributed by atoms with Crippen LogP contribution in [-0.4, -0.2) is 26.8 Å². The fraction of sp³-hybridized carbons (Fsp3) is 0.167. The van der Waals surface area contributed by atoms with Gasteiger partial charge in [0.15, 0.2) is 0 Å². The SMILES string of the molecule is CC(C)n1nc(-c2ccc(CC(=O)Nc3cc(-c4cccc(F)c4)no3)cc2)c(C(N)=O)c1N. The van der Waals surface area contributed by atoms with E-state index in [9.17, 15) is 14.0 Å². The number of nitrogen functional groups attached to an aromatic ring is 1. The number of amides is 2. The molecule has 174 valence electrons. The van der Waals surface area contributed by atoms with Crippen molar-refractivity contribution in [2.24, 2.45) is 5.73 Å². The Bertz CT molecular complexity index is 1360. The molecule has 0 unspecified atom stereocenters. The molecule has 10 heteroatoms. The van der Waals surface area contributed by atoms with E-state index in [4.69, 9.17) is 16.0 Å². The second-order valence-electron chi connectivity index (χ2n) is 8.02. The fourth-order valence-electron chi connectivity index (χ4n) is 3.55. The van der Waals surface area contributed by atoms with E-state index in [1.165, 1.54) is 18.2 Å². The molecule has 0 atom stereocenters. The number of rotatable bonds is 7. The van der Waals surface area contributed by atoms with Crippen LogP contribution in [0.4, 0.5) is 16.1 Å². The highest BCUT2D eigenvalue weighted by molar-refractivity contribution is 6.03. The van der Waals surface area contributed by atoms with Gasteiger partial charge in [0.2, 0.25) is 11.8 Å². The van der Waals surface area contributed by atoms with Crippen LogP contribution in [0.5, 0.6) is 0 Å². The molecule has 4 rings (SSSR count). The molecule has 2 heterocycles. The first-order valence-corrected chi connectivity index (χ1v) is 10.5. The van der Waals surface area contributed by atoms with Crippen molar-refractivity contribution in [1.82, 2.24) is 14.9 Å². The summed E-state index contributed by atoms with van der Waals surface area (Å²) in [7, 11) is 0. The van der Waals surface area contributed by atoms with E-state index < -0.39 is 11.7 Å². The quantitative estimate of drug-likeness (QED) is 0.381. The lowest BCUT2D eigenvalue weighted by Crippen LogP contribution is -2.15. The number of nitrogens with two attached hydrogens (primary N) is 2. The van der Waals surface area contributed by atoms with Crippen LogP contribution < -0.4 is 16.8 Å². The van der Waals surface area contributed by atoms with Gasteiger partial charge < -0.3 is 16.0 Å². The Morgan fingerprint density at radius 1 is 1.12 bits per heavy atom. The lowest BCUT2D eigenvalue weighted by molar-refractivity contribution is -0.115. The monoisotopic (exact) mass is 462 g/mol. The number of hydrogen-bond acceptors (Lipinski definition) is 6. The molecule has 0 aliphatic rings. The summed E-state index contributed by atoms with van der Waals surface area (Å²) < 4.78 is 20.1. The number of aromatic nitrogens is 3. The maximum atomic E-state index is 13.4. The molecular weight excluding hydrogens is 439 g/mol. The highest BCUT2D eigenvalue weighted by Crippen LogP contribution is 2.29. The summed E-state index contributed by atoms with van der Waals surface area (Å²) in [5.41, 5.74) is 14.5. The molecule has 0 fully saturated rings. The highest BCUT2D eigenvalue weighted by atomic mass is 19.1. The van der Waals surface area contributed by atoms with Crippen LogP contribution in [0.3, 0.4) is 0 Å². The summed E-state index contributed by atoms with van der Waals surface area (Å²) in [5.74, 6) is -1.00. The van der Waals surface area contributed by atoms with Gasteiger partial charge in [0.25, 0.3) is 5.91 Å². The zero-order chi connectivity index (χ0) is 24.4. The van der Waals surface area contributed by atoms with Crippen molar-refractivity contribution in [3.8, 4) is 22.5 Å². The maximum absolute atomic E-state index is 13.4. The first-order chi connectivity index (χ1) is 16.2. The van der Waals surface area contributed by atoms with E-state index >= 15 is 0 Å². The number of carbonyl (C=O) groups excluding carboxylic acids is 2. The fourth-order valence-corrected chi connectivity index (χ4v) is 3.55. The third kappa shape index (κ3) is 4.65. The number of halogens is 1. The van der Waals surface area contributed by atoms with E-state index in [0.29, 0.717) is 22.5 Å². The van der Waals surface area contributed by atoms with Crippen molar-refractivity contribution in [1.29, 1.82) is 0 Å². The van der Waals surface area contributed by atoms with Crippen molar-refractivity contribution < 1.29 is 18.5 Å². The van der Waals surface area contributed by atoms with Crippen LogP contribution >= 0.6 is 0 Å². The van der Waals surface area contributed by atoms with Gasteiger partial charge in [-0.3, -0.25) is 14.9 Å². The van der Waals surface area contributed by atoms with Crippen LogP contribution in [0.2, 0.25) is 0 Å². The predicted octanol–water partition coefficient (Wildman–Crippen LogP) is 3.79. The van der Waals surface area contributed by atoms with Crippen LogP contribution in [0.15, 0.2) is 59.1 Å². The molecule has 9 nitrogen and oxygen atoms in total. The molecule has 0 spiro atoms. The smallest absolute Gasteiger partial charge is 0.254 e. The minimum Gasteiger partial charge on any atom is -0.383 e. The normalized spacial score (nSPS) is 11.1. The number of benzene rings is 2. The second kappa shape index (κ2) is 9.18. The van der Waals surface area contributed by atoms with E-state index in [2.05, 4.69) is 15.6 Å². The van der Waals surface area contributed by atoms with Crippen molar-refractivity contribution >= 4 is 23.5 Å². The third-order valence-electron chi connectivity index (χ3n) is 5.17. The zero-order valence-corrected chi connectivity index (χ0v) is 18.6. The minimum atomic E-state index is -0.660. The molecule has 34 heavy (non-hydrogen) atoms. The summed E-state index contributed by atoms with van der Waals surface area (Å²) in [4.78, 5) is 24.4. The van der Waals surface area contributed by atoms with E-state index in [-0.39, 0.29) is 35.6 Å². The van der Waals surface area contributed by atoms with Crippen LogP contribution in [0.25, 0.3) is 22.5 Å². The number of hydrogen-bond donors (Lipinski definition) is 3. The standard InChI is InChI=1S/C24H23FN6O3/c1-13(2)31-23(26)21(24(27)33)22(29-31)15-8-6-14(7-9-15)10-19(32)28-20-12-18(30-34-20)16-4-3-5-17(25)11-16/h3-9,11-13H,10,26H2,1-2H3,(H2,27,33)(H,28,32). The molecule has 4 aromatic rings. The molecule has 0 saturated heterocycles. The lowest BCUT2D eigenvalue weighted by Gasteiger charge is -2.07. The molecule has 0 saturated carbocycles. The van der Waals surface area contributed by atoms with Crippen LogP contribution in [-0.2, 0) is 11.2 Å². The van der Waals surface area contributed by atoms with Gasteiger partial charge in [-0.1, -0.05) is 41.6 Å². The number of carbonyl (C=O) groups is 2. The van der Waals surface area contributed by atoms with E-state index in [0.717, 1.165) is 5.56 Å². The van der Waals surface area contributed by atoms with Crippen molar-refractivity contribution in [3.63, 3.8) is 0 Å². The summed E-state index contributed by atoms with van der Waals surface area (Å²) in [6.45, 7) is 3.80. The topological polar surface area (TPSA) is 142 Å².